The van der Waals surface area contributed by atoms with Gasteiger partial charge in [0.1, 0.15) is 13.9 Å². The van der Waals surface area contributed by atoms with Crippen molar-refractivity contribution in [2.75, 3.05) is 27.2 Å². The lowest BCUT2D eigenvalue weighted by molar-refractivity contribution is -0.143. The van der Waals surface area contributed by atoms with E-state index in [0.717, 1.165) is 13.0 Å². The molecule has 2 unspecified atom stereocenters. The summed E-state index contributed by atoms with van der Waals surface area (Å²) >= 11 is 0. The Morgan fingerprint density at radius 3 is 2.25 bits per heavy atom. The molecule has 0 spiro atoms. The van der Waals surface area contributed by atoms with Crippen molar-refractivity contribution in [2.24, 2.45) is 0 Å². The molecule has 0 N–H and O–H groups in total. The number of hydrogen-bond acceptors (Lipinski definition) is 3. The van der Waals surface area contributed by atoms with Gasteiger partial charge in [-0.2, -0.15) is 0 Å². The highest BCUT2D eigenvalue weighted by Crippen LogP contribution is 2.27. The maximum atomic E-state index is 12.1. The summed E-state index contributed by atoms with van der Waals surface area (Å²) < 4.78 is 5.35. The van der Waals surface area contributed by atoms with Gasteiger partial charge in [-0.1, -0.05) is 70.9 Å². The van der Waals surface area contributed by atoms with E-state index in [4.69, 9.17) is 4.74 Å². The molecule has 1 aromatic rings. The van der Waals surface area contributed by atoms with Crippen LogP contribution in [0.25, 0.3) is 0 Å². The summed E-state index contributed by atoms with van der Waals surface area (Å²) in [6.07, 6.45) is 0.976. The van der Waals surface area contributed by atoms with E-state index in [2.05, 4.69) is 59.2 Å². The van der Waals surface area contributed by atoms with Crippen LogP contribution in [0.3, 0.4) is 0 Å². The van der Waals surface area contributed by atoms with Crippen molar-refractivity contribution >= 4 is 13.2 Å². The van der Waals surface area contributed by atoms with Crippen LogP contribution in [-0.4, -0.2) is 45.4 Å². The molecule has 24 heavy (non-hydrogen) atoms. The lowest BCUT2D eigenvalue weighted by Gasteiger charge is -2.22. The molecule has 1 rings (SSSR count). The molecular weight excluding hydrogens is 297 g/mol. The first kappa shape index (κ1) is 20.8. The lowest BCUT2D eigenvalue weighted by Crippen LogP contribution is -2.24. The van der Waals surface area contributed by atoms with Gasteiger partial charge in [0, 0.05) is 12.4 Å². The van der Waals surface area contributed by atoms with E-state index in [0.29, 0.717) is 6.61 Å². The highest BCUT2D eigenvalue weighted by atomic mass is 16.5. The van der Waals surface area contributed by atoms with E-state index in [1.165, 1.54) is 11.1 Å². The molecular formula is C20H33BNO2. The van der Waals surface area contributed by atoms with Crippen molar-refractivity contribution in [3.8, 4) is 0 Å². The van der Waals surface area contributed by atoms with Crippen molar-refractivity contribution < 1.29 is 9.53 Å². The average molecular weight is 330 g/mol. The van der Waals surface area contributed by atoms with Gasteiger partial charge in [0.2, 0.25) is 0 Å². The van der Waals surface area contributed by atoms with Crippen molar-refractivity contribution in [3.05, 3.63) is 35.4 Å². The first-order chi connectivity index (χ1) is 11.1. The van der Waals surface area contributed by atoms with Gasteiger partial charge in [-0.25, -0.2) is 0 Å². The molecule has 1 aromatic carbocycles. The molecule has 133 valence electrons. The maximum absolute atomic E-state index is 12.1. The minimum absolute atomic E-state index is 0.137. The highest BCUT2D eigenvalue weighted by Gasteiger charge is 2.22. The minimum atomic E-state index is -0.195. The number of likely N-dealkylation sites (N-methyl/N-ethyl adjacent to an activating group) is 1. The molecule has 0 heterocycles. The third-order valence-corrected chi connectivity index (χ3v) is 4.32. The Kier molecular flexibility index (Phi) is 8.01. The van der Waals surface area contributed by atoms with E-state index in [-0.39, 0.29) is 23.0 Å². The topological polar surface area (TPSA) is 29.5 Å². The van der Waals surface area contributed by atoms with E-state index < -0.39 is 0 Å². The molecule has 0 bridgehead atoms. The van der Waals surface area contributed by atoms with E-state index in [1.54, 1.807) is 0 Å². The summed E-state index contributed by atoms with van der Waals surface area (Å²) in [7, 11) is 6.06. The Morgan fingerprint density at radius 2 is 1.79 bits per heavy atom. The highest BCUT2D eigenvalue weighted by molar-refractivity contribution is 6.45. The third kappa shape index (κ3) is 6.68. The van der Waals surface area contributed by atoms with Crippen LogP contribution in [0.5, 0.6) is 0 Å². The van der Waals surface area contributed by atoms with Crippen LogP contribution < -0.4 is 0 Å². The second kappa shape index (κ2) is 9.26. The summed E-state index contributed by atoms with van der Waals surface area (Å²) in [6, 6.07) is 8.78. The minimum Gasteiger partial charge on any atom is -0.465 e. The molecule has 0 fully saturated rings. The van der Waals surface area contributed by atoms with Crippen LogP contribution >= 0.6 is 0 Å². The number of benzene rings is 1. The summed E-state index contributed by atoms with van der Waals surface area (Å²) in [5.74, 6) is -0.0589. The molecule has 2 atom stereocenters. The molecule has 0 aliphatic rings. The molecule has 0 saturated heterocycles. The normalized spacial score (nSPS) is 14.3. The predicted molar refractivity (Wildman–Crippen MR) is 103 cm³/mol. The van der Waals surface area contributed by atoms with Crippen LogP contribution in [0.1, 0.15) is 58.0 Å². The Labute approximate surface area is 149 Å². The van der Waals surface area contributed by atoms with Crippen molar-refractivity contribution in [2.45, 2.75) is 58.1 Å². The molecule has 3 nitrogen and oxygen atoms in total. The van der Waals surface area contributed by atoms with Gasteiger partial charge in [0.15, 0.2) is 0 Å². The van der Waals surface area contributed by atoms with E-state index in [9.17, 15) is 4.79 Å². The fraction of sp³-hybridized carbons (Fsp3) is 0.650. The zero-order valence-corrected chi connectivity index (χ0v) is 16.4. The van der Waals surface area contributed by atoms with Gasteiger partial charge in [-0.05, 0) is 30.9 Å². The standard InChI is InChI=1S/C20H33BNO2/c1-8-18(16-9-11-17(12-10-16)20(3,4)5)21-15(2)19(23)24-14-13-22(6)7/h9-12,15,18H,8,13-14H2,1-7H3. The Hall–Kier alpha value is -1.29. The van der Waals surface area contributed by atoms with E-state index in [1.807, 2.05) is 25.9 Å². The zero-order valence-electron chi connectivity index (χ0n) is 16.4. The first-order valence-corrected chi connectivity index (χ1v) is 8.92. The fourth-order valence-corrected chi connectivity index (χ4v) is 2.60. The second-order valence-electron chi connectivity index (χ2n) is 7.84. The van der Waals surface area contributed by atoms with Gasteiger partial charge in [-0.3, -0.25) is 4.79 Å². The zero-order chi connectivity index (χ0) is 18.3. The lowest BCUT2D eigenvalue weighted by atomic mass is 9.52. The quantitative estimate of drug-likeness (QED) is 0.532. The smallest absolute Gasteiger partial charge is 0.300 e. The first-order valence-electron chi connectivity index (χ1n) is 8.92. The average Bonchev–Trinajstić information content (AvgIpc) is 2.51. The van der Waals surface area contributed by atoms with Gasteiger partial charge >= 0.3 is 5.97 Å². The Morgan fingerprint density at radius 1 is 1.21 bits per heavy atom. The van der Waals surface area contributed by atoms with Crippen molar-refractivity contribution in [1.82, 2.24) is 4.90 Å². The molecule has 0 saturated carbocycles. The van der Waals surface area contributed by atoms with E-state index >= 15 is 0 Å². The molecule has 4 heteroatoms. The number of hydrogen-bond donors (Lipinski definition) is 0. The van der Waals surface area contributed by atoms with Crippen LogP contribution in [0, 0.1) is 0 Å². The maximum Gasteiger partial charge on any atom is 0.300 e. The SMILES string of the molecule is CCC([B]C(C)C(=O)OCCN(C)C)c1ccc(C(C)(C)C)cc1. The molecule has 0 aliphatic carbocycles. The number of ether oxygens (including phenoxy) is 1. The number of esters is 1. The number of carbonyl (C=O) groups excluding carboxylic acids is 1. The molecule has 0 aromatic heterocycles. The summed E-state index contributed by atoms with van der Waals surface area (Å²) in [4.78, 5) is 14.1. The summed E-state index contributed by atoms with van der Waals surface area (Å²) in [5.41, 5.74) is 2.75. The Bertz CT molecular complexity index is 505. The monoisotopic (exact) mass is 330 g/mol. The van der Waals surface area contributed by atoms with Gasteiger partial charge in [0.25, 0.3) is 0 Å². The molecule has 0 aliphatic heterocycles. The third-order valence-electron chi connectivity index (χ3n) is 4.32. The Balaban J connectivity index is 2.64. The van der Waals surface area contributed by atoms with Gasteiger partial charge < -0.3 is 9.64 Å². The van der Waals surface area contributed by atoms with Gasteiger partial charge in [-0.15, -0.1) is 0 Å². The summed E-state index contributed by atoms with van der Waals surface area (Å²) in [5, 5.41) is 0. The second-order valence-corrected chi connectivity index (χ2v) is 7.84. The summed E-state index contributed by atoms with van der Waals surface area (Å²) in [6.45, 7) is 11.9. The van der Waals surface area contributed by atoms with Gasteiger partial charge in [0.05, 0.1) is 0 Å². The predicted octanol–water partition coefficient (Wildman–Crippen LogP) is 4.05. The van der Waals surface area contributed by atoms with Crippen molar-refractivity contribution in [3.63, 3.8) is 0 Å². The molecule has 1 radical (unpaired) electrons. The van der Waals surface area contributed by atoms with Crippen LogP contribution in [0.2, 0.25) is 5.82 Å². The number of nitrogens with zero attached hydrogens (tertiary/aromatic N) is 1. The number of rotatable bonds is 8. The fourth-order valence-electron chi connectivity index (χ4n) is 2.60. The van der Waals surface area contributed by atoms with Crippen LogP contribution in [0.15, 0.2) is 24.3 Å². The van der Waals surface area contributed by atoms with Crippen LogP contribution in [-0.2, 0) is 14.9 Å². The largest absolute Gasteiger partial charge is 0.465 e. The van der Waals surface area contributed by atoms with Crippen molar-refractivity contribution in [1.29, 1.82) is 0 Å². The number of carbonyl (C=O) groups is 1. The molecule has 0 amide bonds. The van der Waals surface area contributed by atoms with Crippen LogP contribution in [0.4, 0.5) is 0 Å².